The van der Waals surface area contributed by atoms with Gasteiger partial charge in [0, 0.05) is 26.2 Å². The predicted molar refractivity (Wildman–Crippen MR) is 60.1 cm³/mol. The zero-order valence-electron chi connectivity index (χ0n) is 9.92. The second-order valence-electron chi connectivity index (χ2n) is 4.00. The molecule has 0 radical (unpaired) electrons. The minimum absolute atomic E-state index is 0.396. The summed E-state index contributed by atoms with van der Waals surface area (Å²) in [5.74, 6) is -1.08. The summed E-state index contributed by atoms with van der Waals surface area (Å²) in [7, 11) is 0. The van der Waals surface area contributed by atoms with Crippen LogP contribution in [0.15, 0.2) is 10.2 Å². The van der Waals surface area contributed by atoms with Gasteiger partial charge in [-0.05, 0) is 0 Å². The van der Waals surface area contributed by atoms with Gasteiger partial charge in [-0.3, -0.25) is 9.59 Å². The Hall–Kier alpha value is -1.22. The van der Waals surface area contributed by atoms with E-state index >= 15 is 0 Å². The molecular formula is C10H16N4O4. The number of hydrogen-bond acceptors (Lipinski definition) is 6. The minimum atomic E-state index is -0.652. The number of nitrogens with zero attached hydrogens (tertiary/aromatic N) is 2. The quantitative estimate of drug-likeness (QED) is 0.581. The minimum Gasteiger partial charge on any atom is -0.366 e. The van der Waals surface area contributed by atoms with E-state index in [1.807, 2.05) is 0 Å². The van der Waals surface area contributed by atoms with Gasteiger partial charge in [-0.15, -0.1) is 10.2 Å². The Morgan fingerprint density at radius 1 is 0.889 bits per heavy atom. The van der Waals surface area contributed by atoms with Crippen LogP contribution in [0.4, 0.5) is 0 Å². The highest BCUT2D eigenvalue weighted by Gasteiger charge is 2.24. The van der Waals surface area contributed by atoms with E-state index in [2.05, 4.69) is 20.9 Å². The zero-order chi connectivity index (χ0) is 12.8. The highest BCUT2D eigenvalue weighted by atomic mass is 16.5. The molecule has 2 heterocycles. The van der Waals surface area contributed by atoms with E-state index in [0.29, 0.717) is 39.4 Å². The molecule has 2 atom stereocenters. The Bertz CT molecular complexity index is 303. The molecule has 0 aromatic heterocycles. The highest BCUT2D eigenvalue weighted by molar-refractivity contribution is 5.86. The molecule has 2 N–H and O–H groups in total. The lowest BCUT2D eigenvalue weighted by molar-refractivity contribution is -0.135. The second kappa shape index (κ2) is 6.64. The number of morpholine rings is 2. The fourth-order valence-electron chi connectivity index (χ4n) is 1.68. The summed E-state index contributed by atoms with van der Waals surface area (Å²) >= 11 is 0. The van der Waals surface area contributed by atoms with Crippen molar-refractivity contribution in [3.8, 4) is 0 Å². The molecule has 2 aliphatic rings. The Balaban J connectivity index is 1.81. The van der Waals surface area contributed by atoms with Gasteiger partial charge in [-0.2, -0.15) is 0 Å². The number of nitrogens with one attached hydrogen (secondary N) is 2. The first-order chi connectivity index (χ1) is 8.77. The number of carbonyl (C=O) groups is 2. The number of carbonyl (C=O) groups excluding carboxylic acids is 2. The van der Waals surface area contributed by atoms with Gasteiger partial charge in [0.2, 0.25) is 0 Å². The summed E-state index contributed by atoms with van der Waals surface area (Å²) in [6.45, 7) is 3.12. The third-order valence-electron chi connectivity index (χ3n) is 2.65. The van der Waals surface area contributed by atoms with Crippen LogP contribution >= 0.6 is 0 Å². The second-order valence-corrected chi connectivity index (χ2v) is 4.00. The number of rotatable bonds is 2. The van der Waals surface area contributed by atoms with Crippen LogP contribution in [0.2, 0.25) is 0 Å². The normalized spacial score (nSPS) is 29.3. The smallest absolute Gasteiger partial charge is 0.294 e. The van der Waals surface area contributed by atoms with Crippen molar-refractivity contribution in [2.45, 2.75) is 12.2 Å². The Morgan fingerprint density at radius 3 is 1.67 bits per heavy atom. The summed E-state index contributed by atoms with van der Waals surface area (Å²) in [5, 5.41) is 12.8. The molecular weight excluding hydrogens is 240 g/mol. The lowest BCUT2D eigenvalue weighted by Gasteiger charge is -2.21. The van der Waals surface area contributed by atoms with Crippen molar-refractivity contribution in [2.75, 3.05) is 39.4 Å². The molecule has 0 aliphatic carbocycles. The molecule has 0 aromatic carbocycles. The molecule has 2 aliphatic heterocycles. The van der Waals surface area contributed by atoms with Crippen LogP contribution in [0.1, 0.15) is 0 Å². The predicted octanol–water partition coefficient (Wildman–Crippen LogP) is -1.53. The molecule has 2 rings (SSSR count). The van der Waals surface area contributed by atoms with E-state index in [-0.39, 0.29) is 0 Å². The van der Waals surface area contributed by atoms with E-state index in [4.69, 9.17) is 9.47 Å². The lowest BCUT2D eigenvalue weighted by Crippen LogP contribution is -2.43. The van der Waals surface area contributed by atoms with Gasteiger partial charge in [0.15, 0.2) is 12.2 Å². The highest BCUT2D eigenvalue weighted by Crippen LogP contribution is 2.02. The largest absolute Gasteiger partial charge is 0.366 e. The van der Waals surface area contributed by atoms with Crippen LogP contribution in [0.3, 0.4) is 0 Å². The molecule has 18 heavy (non-hydrogen) atoms. The van der Waals surface area contributed by atoms with E-state index in [0.717, 1.165) is 0 Å². The van der Waals surface area contributed by atoms with E-state index in [1.165, 1.54) is 0 Å². The van der Waals surface area contributed by atoms with Crippen LogP contribution in [0.5, 0.6) is 0 Å². The third kappa shape index (κ3) is 3.64. The topological polar surface area (TPSA) is 101 Å². The van der Waals surface area contributed by atoms with Crippen molar-refractivity contribution in [3.05, 3.63) is 0 Å². The fraction of sp³-hybridized carbons (Fsp3) is 0.800. The maximum Gasteiger partial charge on any atom is 0.294 e. The zero-order valence-corrected chi connectivity index (χ0v) is 9.92. The van der Waals surface area contributed by atoms with Crippen molar-refractivity contribution in [3.63, 3.8) is 0 Å². The van der Waals surface area contributed by atoms with Crippen molar-refractivity contribution < 1.29 is 19.1 Å². The van der Waals surface area contributed by atoms with Crippen molar-refractivity contribution >= 4 is 11.8 Å². The van der Waals surface area contributed by atoms with Gasteiger partial charge >= 0.3 is 0 Å². The summed E-state index contributed by atoms with van der Waals surface area (Å²) in [4.78, 5) is 23.1. The van der Waals surface area contributed by atoms with Gasteiger partial charge in [-0.1, -0.05) is 0 Å². The Morgan fingerprint density at radius 2 is 1.33 bits per heavy atom. The molecule has 2 unspecified atom stereocenters. The molecule has 8 nitrogen and oxygen atoms in total. The van der Waals surface area contributed by atoms with Crippen LogP contribution in [0.25, 0.3) is 0 Å². The molecule has 100 valence electrons. The summed E-state index contributed by atoms with van der Waals surface area (Å²) in [5.41, 5.74) is 0. The summed E-state index contributed by atoms with van der Waals surface area (Å²) in [6, 6.07) is 0. The molecule has 0 spiro atoms. The molecule has 2 fully saturated rings. The number of amides is 2. The van der Waals surface area contributed by atoms with Crippen LogP contribution in [-0.2, 0) is 19.1 Å². The first-order valence-electron chi connectivity index (χ1n) is 5.91. The molecule has 0 bridgehead atoms. The fourth-order valence-corrected chi connectivity index (χ4v) is 1.68. The van der Waals surface area contributed by atoms with Gasteiger partial charge in [0.05, 0.1) is 13.2 Å². The summed E-state index contributed by atoms with van der Waals surface area (Å²) < 4.78 is 10.4. The van der Waals surface area contributed by atoms with Crippen LogP contribution in [0, 0.1) is 0 Å². The lowest BCUT2D eigenvalue weighted by atomic mass is 10.3. The third-order valence-corrected chi connectivity index (χ3v) is 2.65. The SMILES string of the molecule is O=C(N=NC(=O)C1CNCCO1)C1CNCCO1. The van der Waals surface area contributed by atoms with E-state index < -0.39 is 24.0 Å². The van der Waals surface area contributed by atoms with E-state index in [9.17, 15) is 9.59 Å². The van der Waals surface area contributed by atoms with Crippen LogP contribution < -0.4 is 10.6 Å². The van der Waals surface area contributed by atoms with Gasteiger partial charge < -0.3 is 20.1 Å². The standard InChI is InChI=1S/C10H16N4O4/c15-9(7-5-11-1-3-17-7)13-14-10(16)8-6-12-2-4-18-8/h7-8,11-12H,1-6H2. The van der Waals surface area contributed by atoms with Gasteiger partial charge in [0.1, 0.15) is 0 Å². The Kier molecular flexibility index (Phi) is 4.88. The first kappa shape index (κ1) is 13.2. The molecule has 8 heteroatoms. The first-order valence-corrected chi connectivity index (χ1v) is 5.91. The average Bonchev–Trinajstić information content (AvgIpc) is 2.46. The monoisotopic (exact) mass is 256 g/mol. The van der Waals surface area contributed by atoms with Crippen molar-refractivity contribution in [1.29, 1.82) is 0 Å². The van der Waals surface area contributed by atoms with Crippen molar-refractivity contribution in [1.82, 2.24) is 10.6 Å². The average molecular weight is 256 g/mol. The molecule has 0 saturated carbocycles. The maximum atomic E-state index is 11.6. The molecule has 2 saturated heterocycles. The van der Waals surface area contributed by atoms with Gasteiger partial charge in [0.25, 0.3) is 11.8 Å². The Labute approximate surface area is 104 Å². The van der Waals surface area contributed by atoms with Gasteiger partial charge in [-0.25, -0.2) is 0 Å². The van der Waals surface area contributed by atoms with Crippen molar-refractivity contribution in [2.24, 2.45) is 10.2 Å². The number of azo groups is 1. The number of hydrogen-bond donors (Lipinski definition) is 2. The van der Waals surface area contributed by atoms with Crippen LogP contribution in [-0.4, -0.2) is 63.4 Å². The molecule has 2 amide bonds. The molecule has 0 aromatic rings. The maximum absolute atomic E-state index is 11.6. The van der Waals surface area contributed by atoms with E-state index in [1.54, 1.807) is 0 Å². The number of ether oxygens (including phenoxy) is 2. The summed E-state index contributed by atoms with van der Waals surface area (Å²) in [6.07, 6.45) is -1.30.